The molecule has 0 aromatic heterocycles. The second kappa shape index (κ2) is 6.49. The van der Waals surface area contributed by atoms with Gasteiger partial charge in [-0.3, -0.25) is 14.5 Å². The summed E-state index contributed by atoms with van der Waals surface area (Å²) in [6.45, 7) is 0.309. The van der Waals surface area contributed by atoms with Gasteiger partial charge in [-0.05, 0) is 0 Å². The SMILES string of the molecule is COCCNC(=O)CN1C(=O)CNc2cc(F)c(F)cc21. The van der Waals surface area contributed by atoms with E-state index in [9.17, 15) is 18.4 Å². The van der Waals surface area contributed by atoms with E-state index in [4.69, 9.17) is 4.74 Å². The highest BCUT2D eigenvalue weighted by Gasteiger charge is 2.27. The van der Waals surface area contributed by atoms with Crippen LogP contribution < -0.4 is 15.5 Å². The summed E-state index contributed by atoms with van der Waals surface area (Å²) in [5, 5.41) is 5.25. The minimum Gasteiger partial charge on any atom is -0.383 e. The number of fused-ring (bicyclic) bond motifs is 1. The zero-order valence-electron chi connectivity index (χ0n) is 11.4. The molecular weight excluding hydrogens is 284 g/mol. The number of nitrogens with zero attached hydrogens (tertiary/aromatic N) is 1. The van der Waals surface area contributed by atoms with Gasteiger partial charge in [-0.1, -0.05) is 0 Å². The van der Waals surface area contributed by atoms with Gasteiger partial charge in [-0.25, -0.2) is 8.78 Å². The smallest absolute Gasteiger partial charge is 0.246 e. The lowest BCUT2D eigenvalue weighted by atomic mass is 10.1. The van der Waals surface area contributed by atoms with Crippen LogP contribution in [0.4, 0.5) is 20.2 Å². The third-order valence-electron chi connectivity index (χ3n) is 2.99. The van der Waals surface area contributed by atoms with Gasteiger partial charge in [0.05, 0.1) is 24.5 Å². The van der Waals surface area contributed by atoms with Gasteiger partial charge in [-0.2, -0.15) is 0 Å². The van der Waals surface area contributed by atoms with Crippen molar-refractivity contribution in [1.82, 2.24) is 5.32 Å². The van der Waals surface area contributed by atoms with Gasteiger partial charge in [0, 0.05) is 25.8 Å². The van der Waals surface area contributed by atoms with Crippen LogP contribution >= 0.6 is 0 Å². The van der Waals surface area contributed by atoms with Crippen molar-refractivity contribution in [2.75, 3.05) is 43.6 Å². The Hall–Kier alpha value is -2.22. The molecule has 0 fully saturated rings. The number of carbonyl (C=O) groups is 2. The number of anilines is 2. The molecule has 1 aromatic carbocycles. The highest BCUT2D eigenvalue weighted by Crippen LogP contribution is 2.31. The summed E-state index contributed by atoms with van der Waals surface area (Å²) in [5.41, 5.74) is 0.422. The fourth-order valence-electron chi connectivity index (χ4n) is 1.97. The van der Waals surface area contributed by atoms with Crippen LogP contribution in [0.2, 0.25) is 0 Å². The van der Waals surface area contributed by atoms with Crippen LogP contribution in [-0.2, 0) is 14.3 Å². The van der Waals surface area contributed by atoms with Gasteiger partial charge >= 0.3 is 0 Å². The lowest BCUT2D eigenvalue weighted by Gasteiger charge is -2.29. The third kappa shape index (κ3) is 3.46. The summed E-state index contributed by atoms with van der Waals surface area (Å²) >= 11 is 0. The highest BCUT2D eigenvalue weighted by atomic mass is 19.2. The molecule has 1 aliphatic heterocycles. The molecule has 0 aliphatic carbocycles. The molecule has 21 heavy (non-hydrogen) atoms. The third-order valence-corrected chi connectivity index (χ3v) is 2.99. The summed E-state index contributed by atoms with van der Waals surface area (Å²) in [7, 11) is 1.50. The first-order chi connectivity index (χ1) is 10.0. The first-order valence-corrected chi connectivity index (χ1v) is 6.32. The number of methoxy groups -OCH3 is 1. The van der Waals surface area contributed by atoms with Crippen molar-refractivity contribution in [3.05, 3.63) is 23.8 Å². The number of nitrogens with one attached hydrogen (secondary N) is 2. The van der Waals surface area contributed by atoms with Crippen LogP contribution in [-0.4, -0.2) is 45.2 Å². The summed E-state index contributed by atoms with van der Waals surface area (Å²) in [6, 6.07) is 1.87. The van der Waals surface area contributed by atoms with Crippen molar-refractivity contribution in [3.8, 4) is 0 Å². The molecule has 2 N–H and O–H groups in total. The Morgan fingerprint density at radius 1 is 1.43 bits per heavy atom. The summed E-state index contributed by atoms with van der Waals surface area (Å²) in [5.74, 6) is -2.89. The molecule has 0 saturated heterocycles. The number of carbonyl (C=O) groups excluding carboxylic acids is 2. The monoisotopic (exact) mass is 299 g/mol. The van der Waals surface area contributed by atoms with Crippen LogP contribution in [0.1, 0.15) is 0 Å². The van der Waals surface area contributed by atoms with Crippen molar-refractivity contribution in [2.45, 2.75) is 0 Å². The normalized spacial score (nSPS) is 13.7. The fraction of sp³-hybridized carbons (Fsp3) is 0.385. The number of ether oxygens (including phenoxy) is 1. The largest absolute Gasteiger partial charge is 0.383 e. The number of halogens is 2. The molecule has 0 unspecified atom stereocenters. The van der Waals surface area contributed by atoms with Crippen molar-refractivity contribution >= 4 is 23.2 Å². The van der Waals surface area contributed by atoms with Gasteiger partial charge in [0.2, 0.25) is 11.8 Å². The molecular formula is C13H15F2N3O3. The average molecular weight is 299 g/mol. The van der Waals surface area contributed by atoms with Gasteiger partial charge in [0.25, 0.3) is 0 Å². The zero-order valence-corrected chi connectivity index (χ0v) is 11.4. The number of benzene rings is 1. The Kier molecular flexibility index (Phi) is 4.69. The van der Waals surface area contributed by atoms with E-state index in [-0.39, 0.29) is 24.5 Å². The minimum atomic E-state index is -1.07. The average Bonchev–Trinajstić information content (AvgIpc) is 2.44. The predicted molar refractivity (Wildman–Crippen MR) is 72.1 cm³/mol. The van der Waals surface area contributed by atoms with Crippen molar-refractivity contribution in [1.29, 1.82) is 0 Å². The van der Waals surface area contributed by atoms with E-state index in [0.29, 0.717) is 13.2 Å². The first-order valence-electron chi connectivity index (χ1n) is 6.32. The first kappa shape index (κ1) is 15.2. The molecule has 0 bridgehead atoms. The maximum atomic E-state index is 13.3. The van der Waals surface area contributed by atoms with Gasteiger partial charge in [0.15, 0.2) is 11.6 Å². The lowest BCUT2D eigenvalue weighted by molar-refractivity contribution is -0.123. The van der Waals surface area contributed by atoms with Gasteiger partial charge in [-0.15, -0.1) is 0 Å². The standard InChI is InChI=1S/C13H15F2N3O3/c1-21-3-2-16-12(19)7-18-11-5-9(15)8(14)4-10(11)17-6-13(18)20/h4-5,17H,2-3,6-7H2,1H3,(H,16,19). The second-order valence-corrected chi connectivity index (χ2v) is 4.46. The summed E-state index contributed by atoms with van der Waals surface area (Å²) in [6.07, 6.45) is 0. The van der Waals surface area contributed by atoms with Gasteiger partial charge < -0.3 is 15.4 Å². The molecule has 114 valence electrons. The number of amides is 2. The molecule has 8 heteroatoms. The van der Waals surface area contributed by atoms with E-state index in [1.807, 2.05) is 0 Å². The van der Waals surface area contributed by atoms with Crippen molar-refractivity contribution in [2.24, 2.45) is 0 Å². The van der Waals surface area contributed by atoms with Crippen molar-refractivity contribution in [3.63, 3.8) is 0 Å². The Bertz CT molecular complexity index is 566. The van der Waals surface area contributed by atoms with Crippen LogP contribution in [0.3, 0.4) is 0 Å². The van der Waals surface area contributed by atoms with Crippen LogP contribution in [0, 0.1) is 11.6 Å². The van der Waals surface area contributed by atoms with Crippen LogP contribution in [0.5, 0.6) is 0 Å². The molecule has 0 spiro atoms. The second-order valence-electron chi connectivity index (χ2n) is 4.46. The Morgan fingerprint density at radius 3 is 2.86 bits per heavy atom. The zero-order chi connectivity index (χ0) is 15.4. The Morgan fingerprint density at radius 2 is 2.14 bits per heavy atom. The van der Waals surface area contributed by atoms with Gasteiger partial charge in [0.1, 0.15) is 6.54 Å². The van der Waals surface area contributed by atoms with E-state index in [0.717, 1.165) is 17.0 Å². The van der Waals surface area contributed by atoms with E-state index in [2.05, 4.69) is 10.6 Å². The Balaban J connectivity index is 2.15. The van der Waals surface area contributed by atoms with Crippen molar-refractivity contribution < 1.29 is 23.1 Å². The van der Waals surface area contributed by atoms with Crippen LogP contribution in [0.25, 0.3) is 0 Å². The maximum Gasteiger partial charge on any atom is 0.246 e. The molecule has 0 saturated carbocycles. The lowest BCUT2D eigenvalue weighted by Crippen LogP contribution is -2.46. The Labute approximate surface area is 120 Å². The van der Waals surface area contributed by atoms with Crippen LogP contribution in [0.15, 0.2) is 12.1 Å². The molecule has 6 nitrogen and oxygen atoms in total. The molecule has 2 rings (SSSR count). The quantitative estimate of drug-likeness (QED) is 0.776. The molecule has 1 heterocycles. The number of hydrogen-bond acceptors (Lipinski definition) is 4. The predicted octanol–water partition coefficient (Wildman–Crippen LogP) is 0.486. The van der Waals surface area contributed by atoms with E-state index >= 15 is 0 Å². The molecule has 1 aliphatic rings. The maximum absolute atomic E-state index is 13.3. The topological polar surface area (TPSA) is 70.7 Å². The summed E-state index contributed by atoms with van der Waals surface area (Å²) < 4.78 is 31.3. The molecule has 0 atom stereocenters. The van der Waals surface area contributed by atoms with E-state index in [1.54, 1.807) is 0 Å². The number of rotatable bonds is 5. The van der Waals surface area contributed by atoms with E-state index < -0.39 is 23.4 Å². The fourth-order valence-corrected chi connectivity index (χ4v) is 1.97. The summed E-state index contributed by atoms with van der Waals surface area (Å²) in [4.78, 5) is 24.7. The molecule has 0 radical (unpaired) electrons. The highest BCUT2D eigenvalue weighted by molar-refractivity contribution is 6.05. The minimum absolute atomic E-state index is 0.0799. The van der Waals surface area contributed by atoms with E-state index in [1.165, 1.54) is 7.11 Å². The number of hydrogen-bond donors (Lipinski definition) is 2. The molecule has 1 aromatic rings. The molecule has 2 amide bonds.